The Balaban J connectivity index is 1.28. The lowest BCUT2D eigenvalue weighted by atomic mass is 9.46. The summed E-state index contributed by atoms with van der Waals surface area (Å²) >= 11 is 0. The van der Waals surface area contributed by atoms with Crippen molar-refractivity contribution in [2.45, 2.75) is 103 Å². The van der Waals surface area contributed by atoms with Crippen LogP contribution in [0.25, 0.3) is 11.6 Å². The molecule has 6 heterocycles. The van der Waals surface area contributed by atoms with E-state index >= 15 is 4.79 Å². The Kier molecular flexibility index (Phi) is 11.6. The van der Waals surface area contributed by atoms with Crippen molar-refractivity contribution < 1.29 is 48.0 Å². The number of nitrogens with zero attached hydrogens (tertiary/aromatic N) is 3. The quantitative estimate of drug-likeness (QED) is 0.122. The number of carbonyl (C=O) groups is 4. The van der Waals surface area contributed by atoms with Crippen LogP contribution >= 0.6 is 0 Å². The number of ether oxygens (including phenoxy) is 5. The van der Waals surface area contributed by atoms with Crippen LogP contribution in [0.15, 0.2) is 77.0 Å². The summed E-state index contributed by atoms with van der Waals surface area (Å²) in [6, 6.07) is 4.93. The van der Waals surface area contributed by atoms with Gasteiger partial charge in [-0.3, -0.25) is 19.4 Å². The molecule has 3 unspecified atom stereocenters. The predicted octanol–water partition coefficient (Wildman–Crippen LogP) is 4.57. The van der Waals surface area contributed by atoms with Crippen molar-refractivity contribution in [2.24, 2.45) is 28.1 Å². The van der Waals surface area contributed by atoms with Crippen LogP contribution < -0.4 is 5.46 Å². The monoisotopic (exact) mass is 902 g/mol. The number of carbonyl (C=O) groups excluding carboxylic acids is 4. The van der Waals surface area contributed by atoms with Gasteiger partial charge in [-0.05, 0) is 99.4 Å². The number of likely N-dealkylation sites (N-methyl/N-ethyl adjacent to an activating group) is 1. The second kappa shape index (κ2) is 16.5. The molecule has 1 saturated carbocycles. The predicted molar refractivity (Wildman–Crippen MR) is 250 cm³/mol. The molecule has 1 radical (unpaired) electrons. The number of likely N-dealkylation sites (tertiary alicyclic amines) is 1. The molecule has 1 aromatic rings. The van der Waals surface area contributed by atoms with Crippen molar-refractivity contribution in [2.75, 3.05) is 61.1 Å². The molecule has 1 aromatic carbocycles. The molecule has 11 atom stereocenters. The summed E-state index contributed by atoms with van der Waals surface area (Å²) in [6.45, 7) is 14.5. The largest absolute Gasteiger partial charge is 0.468 e. The number of hydrogen-bond acceptors (Lipinski definition) is 13. The van der Waals surface area contributed by atoms with Gasteiger partial charge in [0.15, 0.2) is 13.4 Å². The third kappa shape index (κ3) is 6.70. The molecule has 13 nitrogen and oxygen atoms in total. The van der Waals surface area contributed by atoms with Gasteiger partial charge in [0, 0.05) is 81.8 Å². The summed E-state index contributed by atoms with van der Waals surface area (Å²) in [6.07, 6.45) is 14.5. The van der Waals surface area contributed by atoms with E-state index in [1.807, 2.05) is 45.7 Å². The number of fused-ring (bicyclic) bond motifs is 5. The van der Waals surface area contributed by atoms with Gasteiger partial charge in [-0.1, -0.05) is 66.8 Å². The van der Waals surface area contributed by atoms with Crippen molar-refractivity contribution >= 4 is 48.3 Å². The van der Waals surface area contributed by atoms with E-state index in [9.17, 15) is 19.5 Å². The zero-order chi connectivity index (χ0) is 47.3. The summed E-state index contributed by atoms with van der Waals surface area (Å²) in [7, 11) is 8.44. The Morgan fingerprint density at radius 1 is 1.00 bits per heavy atom. The van der Waals surface area contributed by atoms with Crippen molar-refractivity contribution in [3.8, 4) is 0 Å². The molecule has 351 valence electrons. The van der Waals surface area contributed by atoms with E-state index in [-0.39, 0.29) is 17.9 Å². The summed E-state index contributed by atoms with van der Waals surface area (Å²) in [4.78, 5) is 62.8. The highest BCUT2D eigenvalue weighted by Crippen LogP contribution is 2.70. The molecule has 2 aliphatic carbocycles. The van der Waals surface area contributed by atoms with E-state index < -0.39 is 69.5 Å². The molecule has 14 heteroatoms. The van der Waals surface area contributed by atoms with Crippen molar-refractivity contribution in [3.63, 3.8) is 0 Å². The summed E-state index contributed by atoms with van der Waals surface area (Å²) < 4.78 is 29.9. The minimum atomic E-state index is -2.30. The molecular weight excluding hydrogens is 837 g/mol. The van der Waals surface area contributed by atoms with Crippen LogP contribution in [0.2, 0.25) is 0 Å². The van der Waals surface area contributed by atoms with Crippen LogP contribution in [0.4, 0.5) is 0 Å². The van der Waals surface area contributed by atoms with Gasteiger partial charge >= 0.3 is 23.9 Å². The molecule has 9 rings (SSSR count). The summed E-state index contributed by atoms with van der Waals surface area (Å²) in [5.74, 6) is -2.86. The first-order valence-electron chi connectivity index (χ1n) is 23.6. The molecule has 3 fully saturated rings. The first-order valence-corrected chi connectivity index (χ1v) is 23.6. The third-order valence-electron chi connectivity index (χ3n) is 16.2. The second-order valence-electron chi connectivity index (χ2n) is 20.8. The fraction of sp³-hybridized carbons (Fsp3) is 0.577. The van der Waals surface area contributed by atoms with E-state index in [0.29, 0.717) is 38.9 Å². The zero-order valence-electron chi connectivity index (χ0n) is 40.1. The van der Waals surface area contributed by atoms with E-state index in [2.05, 4.69) is 66.5 Å². The summed E-state index contributed by atoms with van der Waals surface area (Å²) in [5, 5.41) is 13.4. The average Bonchev–Trinajstić information content (AvgIpc) is 3.93. The maximum Gasteiger partial charge on any atom is 0.344 e. The van der Waals surface area contributed by atoms with Gasteiger partial charge < -0.3 is 33.7 Å². The Bertz CT molecular complexity index is 2430. The maximum absolute atomic E-state index is 15.5. The number of aliphatic hydroxyl groups is 1. The highest BCUT2D eigenvalue weighted by atomic mass is 16.6. The SMILES string of the molecule is CCC1=C[C@H]2CN(C1)CC1=C([B]c3ccc(/C=C/C(=O)OC(C)(C)C)cc31)[C@@](C(=O)OC)(C1C=C3C(=CC1OC)N(C)[C@H]1[C@@](O)(C(=O)OC)[C@H](OC(C)=O)[C@]4(CC)C=CCN5CC[C@]31[C@@H]54)C2. The second-order valence-corrected chi connectivity index (χ2v) is 20.8. The van der Waals surface area contributed by atoms with Crippen molar-refractivity contribution in [3.05, 3.63) is 88.1 Å². The van der Waals surface area contributed by atoms with Gasteiger partial charge in [-0.25, -0.2) is 9.59 Å². The highest BCUT2D eigenvalue weighted by Gasteiger charge is 2.81. The topological polar surface area (TPSA) is 144 Å². The standard InChI is InChI=1S/C52H65BN3O10/c1-11-31-22-33-26-51(46(59)63-9,42-35(29-55(27-31)28-33)34-23-32(14-16-38(34)53-42)15-17-41(58)66-48(4,5)6)37-24-36-39(25-40(37)62-8)54(7)44-50(36)19-21-56-20-13-18-49(12-2,43(50)56)45(65-30(3)57)52(44,61)47(60)64-10/h13-18,22-25,33,37,40,43-45,61H,11-12,19-21,26-29H2,1-10H3/b17-15+/t33-,37?,40?,43+,44-,45-,49-,50-,51+,52+/m1/s1. The molecule has 1 spiro atoms. The molecule has 2 bridgehead atoms. The lowest BCUT2D eigenvalue weighted by molar-refractivity contribution is -0.243. The number of allylic oxidation sites excluding steroid dienone is 1. The molecule has 1 N–H and O–H groups in total. The van der Waals surface area contributed by atoms with Crippen molar-refractivity contribution in [1.29, 1.82) is 0 Å². The first kappa shape index (κ1) is 46.4. The molecule has 0 amide bonds. The van der Waals surface area contributed by atoms with Crippen LogP contribution in [0.1, 0.15) is 78.4 Å². The minimum Gasteiger partial charge on any atom is -0.468 e. The van der Waals surface area contributed by atoms with Crippen LogP contribution in [0.3, 0.4) is 0 Å². The lowest BCUT2D eigenvalue weighted by Gasteiger charge is -2.63. The molecule has 2 saturated heterocycles. The first-order chi connectivity index (χ1) is 31.4. The molecule has 0 aromatic heterocycles. The van der Waals surface area contributed by atoms with Gasteiger partial charge in [-0.15, -0.1) is 0 Å². The van der Waals surface area contributed by atoms with Crippen LogP contribution in [0, 0.1) is 28.1 Å². The Morgan fingerprint density at radius 3 is 2.42 bits per heavy atom. The van der Waals surface area contributed by atoms with Gasteiger partial charge in [0.25, 0.3) is 0 Å². The van der Waals surface area contributed by atoms with Crippen LogP contribution in [-0.2, 0) is 42.9 Å². The zero-order valence-corrected chi connectivity index (χ0v) is 40.1. The van der Waals surface area contributed by atoms with E-state index in [1.54, 1.807) is 13.2 Å². The van der Waals surface area contributed by atoms with E-state index in [0.717, 1.165) is 58.4 Å². The van der Waals surface area contributed by atoms with Gasteiger partial charge in [-0.2, -0.15) is 0 Å². The van der Waals surface area contributed by atoms with Crippen LogP contribution in [-0.4, -0.2) is 148 Å². The van der Waals surface area contributed by atoms with Gasteiger partial charge in [0.2, 0.25) is 5.60 Å². The highest BCUT2D eigenvalue weighted by molar-refractivity contribution is 6.67. The van der Waals surface area contributed by atoms with E-state index in [1.165, 1.54) is 32.8 Å². The number of methoxy groups -OCH3 is 3. The number of hydrogen-bond donors (Lipinski definition) is 1. The molecule has 6 aliphatic heterocycles. The smallest absolute Gasteiger partial charge is 0.344 e. The average molecular weight is 903 g/mol. The fourth-order valence-corrected chi connectivity index (χ4v) is 14.1. The summed E-state index contributed by atoms with van der Waals surface area (Å²) in [5.41, 5.74) is 1.67. The number of rotatable bonds is 9. The minimum absolute atomic E-state index is 0.00603. The van der Waals surface area contributed by atoms with E-state index in [4.69, 9.17) is 23.7 Å². The third-order valence-corrected chi connectivity index (χ3v) is 16.2. The molecule has 8 aliphatic rings. The van der Waals surface area contributed by atoms with Gasteiger partial charge in [0.05, 0.1) is 31.8 Å². The maximum atomic E-state index is 15.5. The van der Waals surface area contributed by atoms with Crippen LogP contribution in [0.5, 0.6) is 0 Å². The lowest BCUT2D eigenvalue weighted by Crippen LogP contribution is -2.79. The number of esters is 4. The molecular formula is C52H65BN3O10. The number of benzene rings is 1. The Hall–Kier alpha value is -4.76. The Morgan fingerprint density at radius 2 is 1.76 bits per heavy atom. The molecule has 66 heavy (non-hydrogen) atoms. The normalized spacial score (nSPS) is 36.3. The van der Waals surface area contributed by atoms with Gasteiger partial charge in [0.1, 0.15) is 5.60 Å². The fourth-order valence-electron chi connectivity index (χ4n) is 14.1. The Labute approximate surface area is 389 Å². The van der Waals surface area contributed by atoms with Crippen molar-refractivity contribution in [1.82, 2.24) is 14.7 Å².